The summed E-state index contributed by atoms with van der Waals surface area (Å²) < 4.78 is 6.45. The summed E-state index contributed by atoms with van der Waals surface area (Å²) in [6, 6.07) is 11.5. The number of phenols is 1. The molecule has 2 N–H and O–H groups in total. The monoisotopic (exact) mass is 335 g/mol. The number of phenolic OH excluding ortho intramolecular Hbond substituents is 1. The Morgan fingerprint density at radius 1 is 1.20 bits per heavy atom. The largest absolute Gasteiger partial charge is 0.504 e. The van der Waals surface area contributed by atoms with Gasteiger partial charge in [-0.05, 0) is 37.6 Å². The molecule has 4 heteroatoms. The van der Waals surface area contributed by atoms with Gasteiger partial charge in [0.2, 0.25) is 0 Å². The predicted molar refractivity (Wildman–Crippen MR) is 85.5 cm³/mol. The number of para-hydroxylation sites is 1. The first-order chi connectivity index (χ1) is 9.63. The van der Waals surface area contributed by atoms with Crippen molar-refractivity contribution in [1.29, 1.82) is 0 Å². The molecule has 106 valence electrons. The lowest BCUT2D eigenvalue weighted by atomic mass is 10.1. The Labute approximate surface area is 127 Å². The van der Waals surface area contributed by atoms with Crippen LogP contribution in [0.1, 0.15) is 18.1 Å². The molecule has 2 rings (SSSR count). The van der Waals surface area contributed by atoms with Gasteiger partial charge in [-0.2, -0.15) is 0 Å². The number of rotatable bonds is 5. The van der Waals surface area contributed by atoms with E-state index in [0.717, 1.165) is 21.3 Å². The predicted octanol–water partition coefficient (Wildman–Crippen LogP) is 4.47. The minimum Gasteiger partial charge on any atom is -0.504 e. The molecule has 3 nitrogen and oxygen atoms in total. The zero-order valence-electron chi connectivity index (χ0n) is 11.6. The maximum Gasteiger partial charge on any atom is 0.162 e. The first-order valence-corrected chi connectivity index (χ1v) is 7.35. The van der Waals surface area contributed by atoms with Crippen LogP contribution in [0.5, 0.6) is 11.5 Å². The lowest BCUT2D eigenvalue weighted by molar-refractivity contribution is 0.317. The number of halogens is 1. The van der Waals surface area contributed by atoms with Gasteiger partial charge in [-0.15, -0.1) is 0 Å². The van der Waals surface area contributed by atoms with E-state index in [1.807, 2.05) is 44.2 Å². The highest BCUT2D eigenvalue weighted by molar-refractivity contribution is 9.10. The topological polar surface area (TPSA) is 41.5 Å². The van der Waals surface area contributed by atoms with Crippen LogP contribution in [0.3, 0.4) is 0 Å². The number of anilines is 1. The van der Waals surface area contributed by atoms with Gasteiger partial charge in [0, 0.05) is 22.3 Å². The van der Waals surface area contributed by atoms with Crippen LogP contribution in [0.15, 0.2) is 40.9 Å². The Hall–Kier alpha value is -1.68. The summed E-state index contributed by atoms with van der Waals surface area (Å²) in [6.45, 7) is 5.03. The zero-order chi connectivity index (χ0) is 14.5. The smallest absolute Gasteiger partial charge is 0.162 e. The maximum absolute atomic E-state index is 10.1. The number of hydrogen-bond acceptors (Lipinski definition) is 3. The third-order valence-corrected chi connectivity index (χ3v) is 3.98. The van der Waals surface area contributed by atoms with Crippen LogP contribution >= 0.6 is 15.9 Å². The van der Waals surface area contributed by atoms with Crippen molar-refractivity contribution in [3.8, 4) is 11.5 Å². The van der Waals surface area contributed by atoms with Gasteiger partial charge in [-0.1, -0.05) is 34.1 Å². The molecular weight excluding hydrogens is 318 g/mol. The SMILES string of the molecule is CCOc1cccc(CNc2cccc(Br)c2C)c1O. The van der Waals surface area contributed by atoms with Crippen LogP contribution in [-0.2, 0) is 6.54 Å². The summed E-state index contributed by atoms with van der Waals surface area (Å²) >= 11 is 3.51. The second-order valence-electron chi connectivity index (χ2n) is 4.46. The van der Waals surface area contributed by atoms with Gasteiger partial charge in [0.15, 0.2) is 11.5 Å². The van der Waals surface area contributed by atoms with Crippen LogP contribution in [0.4, 0.5) is 5.69 Å². The molecule has 0 saturated heterocycles. The van der Waals surface area contributed by atoms with E-state index in [2.05, 4.69) is 21.2 Å². The summed E-state index contributed by atoms with van der Waals surface area (Å²) in [5.74, 6) is 0.729. The Morgan fingerprint density at radius 2 is 1.95 bits per heavy atom. The molecule has 0 bridgehead atoms. The average molecular weight is 336 g/mol. The Kier molecular flexibility index (Phi) is 4.90. The first-order valence-electron chi connectivity index (χ1n) is 6.56. The molecular formula is C16H18BrNO2. The second kappa shape index (κ2) is 6.66. The fourth-order valence-electron chi connectivity index (χ4n) is 1.97. The standard InChI is InChI=1S/C16H18BrNO2/c1-3-20-15-9-4-6-12(16(15)19)10-18-14-8-5-7-13(17)11(14)2/h4-9,18-19H,3,10H2,1-2H3. The molecule has 20 heavy (non-hydrogen) atoms. The molecule has 0 saturated carbocycles. The van der Waals surface area contributed by atoms with Crippen LogP contribution in [0, 0.1) is 6.92 Å². The average Bonchev–Trinajstić information content (AvgIpc) is 2.44. The third-order valence-electron chi connectivity index (χ3n) is 3.12. The van der Waals surface area contributed by atoms with Crippen LogP contribution in [0.25, 0.3) is 0 Å². The molecule has 0 spiro atoms. The van der Waals surface area contributed by atoms with E-state index in [-0.39, 0.29) is 5.75 Å². The van der Waals surface area contributed by atoms with Gasteiger partial charge >= 0.3 is 0 Å². The molecule has 0 radical (unpaired) electrons. The van der Waals surface area contributed by atoms with Crippen molar-refractivity contribution in [3.05, 3.63) is 52.0 Å². The highest BCUT2D eigenvalue weighted by Crippen LogP contribution is 2.31. The van der Waals surface area contributed by atoms with E-state index in [1.54, 1.807) is 6.07 Å². The van der Waals surface area contributed by atoms with E-state index < -0.39 is 0 Å². The fraction of sp³-hybridized carbons (Fsp3) is 0.250. The molecule has 0 unspecified atom stereocenters. The van der Waals surface area contributed by atoms with Gasteiger partial charge in [0.1, 0.15) is 0 Å². The van der Waals surface area contributed by atoms with Crippen molar-refractivity contribution in [1.82, 2.24) is 0 Å². The number of hydrogen-bond donors (Lipinski definition) is 2. The molecule has 0 aliphatic heterocycles. The summed E-state index contributed by atoms with van der Waals surface area (Å²) in [6.07, 6.45) is 0. The summed E-state index contributed by atoms with van der Waals surface area (Å²) in [5.41, 5.74) is 3.00. The highest BCUT2D eigenvalue weighted by Gasteiger charge is 2.08. The van der Waals surface area contributed by atoms with E-state index in [4.69, 9.17) is 4.74 Å². The number of benzene rings is 2. The summed E-state index contributed by atoms with van der Waals surface area (Å²) in [4.78, 5) is 0. The van der Waals surface area contributed by atoms with Crippen molar-refractivity contribution in [2.45, 2.75) is 20.4 Å². The van der Waals surface area contributed by atoms with Crippen molar-refractivity contribution in [2.24, 2.45) is 0 Å². The van der Waals surface area contributed by atoms with E-state index in [1.165, 1.54) is 0 Å². The molecule has 0 aliphatic carbocycles. The molecule has 0 atom stereocenters. The zero-order valence-corrected chi connectivity index (χ0v) is 13.2. The van der Waals surface area contributed by atoms with Crippen LogP contribution < -0.4 is 10.1 Å². The Balaban J connectivity index is 2.15. The second-order valence-corrected chi connectivity index (χ2v) is 5.32. The molecule has 0 aromatic heterocycles. The van der Waals surface area contributed by atoms with Crippen LogP contribution in [-0.4, -0.2) is 11.7 Å². The quantitative estimate of drug-likeness (QED) is 0.846. The molecule has 0 amide bonds. The lowest BCUT2D eigenvalue weighted by Crippen LogP contribution is -2.02. The van der Waals surface area contributed by atoms with E-state index in [9.17, 15) is 5.11 Å². The van der Waals surface area contributed by atoms with Gasteiger partial charge in [-0.25, -0.2) is 0 Å². The number of ether oxygens (including phenoxy) is 1. The molecule has 2 aromatic rings. The molecule has 2 aromatic carbocycles. The normalized spacial score (nSPS) is 10.3. The first kappa shape index (κ1) is 14.7. The summed E-state index contributed by atoms with van der Waals surface area (Å²) in [5, 5.41) is 13.5. The summed E-state index contributed by atoms with van der Waals surface area (Å²) in [7, 11) is 0. The minimum absolute atomic E-state index is 0.203. The van der Waals surface area contributed by atoms with Crippen molar-refractivity contribution in [2.75, 3.05) is 11.9 Å². The van der Waals surface area contributed by atoms with Crippen LogP contribution in [0.2, 0.25) is 0 Å². The van der Waals surface area contributed by atoms with Gasteiger partial charge in [-0.3, -0.25) is 0 Å². The molecule has 0 aliphatic rings. The van der Waals surface area contributed by atoms with Gasteiger partial charge in [0.25, 0.3) is 0 Å². The van der Waals surface area contributed by atoms with Crippen molar-refractivity contribution >= 4 is 21.6 Å². The third kappa shape index (κ3) is 3.25. The minimum atomic E-state index is 0.203. The fourth-order valence-corrected chi connectivity index (χ4v) is 2.34. The Morgan fingerprint density at radius 3 is 2.70 bits per heavy atom. The molecule has 0 heterocycles. The maximum atomic E-state index is 10.1. The Bertz CT molecular complexity index is 599. The van der Waals surface area contributed by atoms with Crippen molar-refractivity contribution < 1.29 is 9.84 Å². The lowest BCUT2D eigenvalue weighted by Gasteiger charge is -2.13. The van der Waals surface area contributed by atoms with Gasteiger partial charge in [0.05, 0.1) is 6.61 Å². The number of nitrogens with one attached hydrogen (secondary N) is 1. The van der Waals surface area contributed by atoms with Gasteiger partial charge < -0.3 is 15.2 Å². The van der Waals surface area contributed by atoms with E-state index >= 15 is 0 Å². The number of aromatic hydroxyl groups is 1. The van der Waals surface area contributed by atoms with Crippen molar-refractivity contribution in [3.63, 3.8) is 0 Å². The van der Waals surface area contributed by atoms with E-state index in [0.29, 0.717) is 18.9 Å². The highest BCUT2D eigenvalue weighted by atomic mass is 79.9. The molecule has 0 fully saturated rings.